The summed E-state index contributed by atoms with van der Waals surface area (Å²) in [7, 11) is 0. The number of phenols is 2. The molecule has 0 radical (unpaired) electrons. The number of ether oxygens (including phenoxy) is 1. The maximum atomic E-state index is 13.0. The van der Waals surface area contributed by atoms with E-state index in [2.05, 4.69) is 6.92 Å². The van der Waals surface area contributed by atoms with Crippen LogP contribution in [0.25, 0.3) is 0 Å². The Balaban J connectivity index is 1.40. The number of fused-ring (bicyclic) bond motifs is 1. The van der Waals surface area contributed by atoms with Crippen LogP contribution >= 0.6 is 0 Å². The van der Waals surface area contributed by atoms with E-state index in [4.69, 9.17) is 4.74 Å². The Hall–Kier alpha value is -3.04. The SMILES string of the molecule is C[C@]1(c2ccc(O)cc2)COc2cc(O)ccc2[C@H]1CCCCCCCCC(CCCCCC(F)(F)C(F)(F)F)C(=O)O. The van der Waals surface area contributed by atoms with Crippen molar-refractivity contribution >= 4 is 5.97 Å². The summed E-state index contributed by atoms with van der Waals surface area (Å²) in [6, 6.07) is 12.5. The topological polar surface area (TPSA) is 87.0 Å². The average Bonchev–Trinajstić information content (AvgIpc) is 2.93. The van der Waals surface area contributed by atoms with Gasteiger partial charge in [-0.2, -0.15) is 22.0 Å². The van der Waals surface area contributed by atoms with Crippen molar-refractivity contribution in [2.75, 3.05) is 6.61 Å². The molecule has 1 aliphatic rings. The van der Waals surface area contributed by atoms with Gasteiger partial charge in [-0.3, -0.25) is 4.79 Å². The van der Waals surface area contributed by atoms with Gasteiger partial charge in [0, 0.05) is 23.8 Å². The third-order valence-corrected chi connectivity index (χ3v) is 8.80. The van der Waals surface area contributed by atoms with Crippen LogP contribution in [0.3, 0.4) is 0 Å². The normalized spacial score (nSPS) is 19.4. The Morgan fingerprint density at radius 1 is 0.860 bits per heavy atom. The van der Waals surface area contributed by atoms with Gasteiger partial charge in [-0.05, 0) is 55.0 Å². The molecule has 2 aromatic carbocycles. The van der Waals surface area contributed by atoms with Crippen LogP contribution in [0.4, 0.5) is 22.0 Å². The molecule has 0 fully saturated rings. The van der Waals surface area contributed by atoms with Crippen LogP contribution < -0.4 is 4.74 Å². The first-order valence-corrected chi connectivity index (χ1v) is 15.2. The van der Waals surface area contributed by atoms with Gasteiger partial charge in [-0.15, -0.1) is 0 Å². The highest BCUT2D eigenvalue weighted by atomic mass is 19.4. The molecule has 43 heavy (non-hydrogen) atoms. The Morgan fingerprint density at radius 3 is 2.02 bits per heavy atom. The number of carboxylic acids is 1. The van der Waals surface area contributed by atoms with Crippen molar-refractivity contribution in [3.63, 3.8) is 0 Å². The van der Waals surface area contributed by atoms with Gasteiger partial charge in [0.2, 0.25) is 0 Å². The van der Waals surface area contributed by atoms with Crippen LogP contribution in [0, 0.1) is 5.92 Å². The monoisotopic (exact) mass is 614 g/mol. The van der Waals surface area contributed by atoms with Crippen LogP contribution in [0.5, 0.6) is 17.2 Å². The number of aliphatic carboxylic acids is 1. The van der Waals surface area contributed by atoms with Crippen molar-refractivity contribution in [1.29, 1.82) is 0 Å². The minimum atomic E-state index is -5.55. The van der Waals surface area contributed by atoms with E-state index in [0.29, 0.717) is 25.2 Å². The number of carboxylic acid groups (broad SMARTS) is 1. The van der Waals surface area contributed by atoms with E-state index in [1.54, 1.807) is 24.3 Å². The van der Waals surface area contributed by atoms with E-state index < -0.39 is 30.4 Å². The van der Waals surface area contributed by atoms with Gasteiger partial charge >= 0.3 is 18.1 Å². The molecule has 0 aliphatic carbocycles. The number of halogens is 5. The summed E-state index contributed by atoms with van der Waals surface area (Å²) in [6.45, 7) is 2.61. The Kier molecular flexibility index (Phi) is 12.1. The lowest BCUT2D eigenvalue weighted by atomic mass is 9.66. The highest BCUT2D eigenvalue weighted by Gasteiger charge is 2.56. The number of alkyl halides is 5. The number of unbranched alkanes of at least 4 members (excludes halogenated alkanes) is 7. The molecule has 0 spiro atoms. The van der Waals surface area contributed by atoms with Gasteiger partial charge in [-0.25, -0.2) is 0 Å². The second-order valence-electron chi connectivity index (χ2n) is 12.1. The van der Waals surface area contributed by atoms with E-state index in [9.17, 15) is 42.1 Å². The van der Waals surface area contributed by atoms with Crippen LogP contribution in [-0.4, -0.2) is 40.0 Å². The molecule has 2 aromatic rings. The zero-order valence-electron chi connectivity index (χ0n) is 24.6. The first-order valence-electron chi connectivity index (χ1n) is 15.2. The third-order valence-electron chi connectivity index (χ3n) is 8.80. The number of rotatable bonds is 17. The number of hydrogen-bond donors (Lipinski definition) is 3. The van der Waals surface area contributed by atoms with Crippen molar-refractivity contribution in [3.8, 4) is 17.2 Å². The summed E-state index contributed by atoms with van der Waals surface area (Å²) in [5.74, 6) is -5.08. The average molecular weight is 615 g/mol. The highest BCUT2D eigenvalue weighted by Crippen LogP contribution is 2.50. The van der Waals surface area contributed by atoms with Gasteiger partial charge < -0.3 is 20.1 Å². The van der Waals surface area contributed by atoms with Gasteiger partial charge in [0.05, 0.1) is 12.5 Å². The molecule has 0 saturated carbocycles. The number of phenolic OH excluding ortho intramolecular Hbond substituents is 2. The smallest absolute Gasteiger partial charge is 0.453 e. The molecule has 0 amide bonds. The Bertz CT molecular complexity index is 1170. The van der Waals surface area contributed by atoms with E-state index in [1.807, 2.05) is 18.2 Å². The molecule has 3 atom stereocenters. The molecule has 1 heterocycles. The molecule has 3 rings (SSSR count). The van der Waals surface area contributed by atoms with Crippen molar-refractivity contribution in [1.82, 2.24) is 0 Å². The lowest BCUT2D eigenvalue weighted by molar-refractivity contribution is -0.284. The van der Waals surface area contributed by atoms with E-state index in [1.165, 1.54) is 0 Å². The van der Waals surface area contributed by atoms with E-state index >= 15 is 0 Å². The quantitative estimate of drug-likeness (QED) is 0.122. The molecular formula is C33H43F5O5. The fraction of sp³-hybridized carbons (Fsp3) is 0.606. The van der Waals surface area contributed by atoms with Gasteiger partial charge in [0.25, 0.3) is 0 Å². The van der Waals surface area contributed by atoms with Crippen molar-refractivity contribution in [2.24, 2.45) is 5.92 Å². The lowest BCUT2D eigenvalue weighted by Gasteiger charge is -2.43. The molecular weight excluding hydrogens is 571 g/mol. The second kappa shape index (κ2) is 15.1. The minimum Gasteiger partial charge on any atom is -0.508 e. The van der Waals surface area contributed by atoms with Crippen LogP contribution in [0.15, 0.2) is 42.5 Å². The van der Waals surface area contributed by atoms with Gasteiger partial charge in [-0.1, -0.05) is 76.5 Å². The fourth-order valence-corrected chi connectivity index (χ4v) is 6.10. The summed E-state index contributed by atoms with van der Waals surface area (Å²) in [5.41, 5.74) is 1.80. The summed E-state index contributed by atoms with van der Waals surface area (Å²) >= 11 is 0. The molecule has 0 aromatic heterocycles. The molecule has 3 N–H and O–H groups in total. The minimum absolute atomic E-state index is 0.139. The summed E-state index contributed by atoms with van der Waals surface area (Å²) in [5, 5.41) is 29.2. The third kappa shape index (κ3) is 9.47. The van der Waals surface area contributed by atoms with Gasteiger partial charge in [0.15, 0.2) is 0 Å². The molecule has 10 heteroatoms. The number of carbonyl (C=O) groups is 1. The van der Waals surface area contributed by atoms with Crippen LogP contribution in [0.2, 0.25) is 0 Å². The number of hydrogen-bond acceptors (Lipinski definition) is 4. The maximum absolute atomic E-state index is 13.0. The second-order valence-corrected chi connectivity index (χ2v) is 12.1. The first-order chi connectivity index (χ1) is 20.2. The van der Waals surface area contributed by atoms with E-state index in [0.717, 1.165) is 56.1 Å². The molecule has 0 bridgehead atoms. The Labute approximate surface area is 250 Å². The fourth-order valence-electron chi connectivity index (χ4n) is 6.10. The lowest BCUT2D eigenvalue weighted by Crippen LogP contribution is -2.40. The van der Waals surface area contributed by atoms with Crippen molar-refractivity contribution in [3.05, 3.63) is 53.6 Å². The van der Waals surface area contributed by atoms with E-state index in [-0.39, 0.29) is 42.1 Å². The van der Waals surface area contributed by atoms with Crippen LogP contribution in [-0.2, 0) is 10.2 Å². The first kappa shape index (κ1) is 34.5. The predicted molar refractivity (Wildman–Crippen MR) is 154 cm³/mol. The largest absolute Gasteiger partial charge is 0.508 e. The molecule has 0 saturated heterocycles. The zero-order chi connectivity index (χ0) is 31.7. The molecule has 1 unspecified atom stereocenters. The van der Waals surface area contributed by atoms with Crippen molar-refractivity contribution in [2.45, 2.75) is 114 Å². The maximum Gasteiger partial charge on any atom is 0.453 e. The zero-order valence-corrected chi connectivity index (χ0v) is 24.6. The highest BCUT2D eigenvalue weighted by molar-refractivity contribution is 5.69. The molecule has 240 valence electrons. The van der Waals surface area contributed by atoms with Crippen molar-refractivity contribution < 1.29 is 46.8 Å². The Morgan fingerprint density at radius 2 is 1.42 bits per heavy atom. The summed E-state index contributed by atoms with van der Waals surface area (Å²) in [4.78, 5) is 11.6. The predicted octanol–water partition coefficient (Wildman–Crippen LogP) is 9.50. The van der Waals surface area contributed by atoms with Gasteiger partial charge in [0.1, 0.15) is 17.2 Å². The molecule has 5 nitrogen and oxygen atoms in total. The van der Waals surface area contributed by atoms with Crippen LogP contribution in [0.1, 0.15) is 107 Å². The number of aromatic hydroxyl groups is 2. The molecule has 1 aliphatic heterocycles. The standard InChI is InChI=1S/C33H43F5O5/c1-31(24-14-16-25(39)17-15-24)22-43-29-21-26(40)18-19-27(29)28(31)13-9-5-3-2-4-7-11-23(30(41)42)12-8-6-10-20-32(34,35)33(36,37)38/h14-19,21,23,28,39-40H,2-13,20,22H2,1H3,(H,41,42)/t23?,28-,31-/m1/s1. The summed E-state index contributed by atoms with van der Waals surface area (Å²) in [6.07, 6.45) is 0.490. The number of benzene rings is 2. The summed E-state index contributed by atoms with van der Waals surface area (Å²) < 4.78 is 68.9.